The third kappa shape index (κ3) is 2.76. The van der Waals surface area contributed by atoms with Gasteiger partial charge in [0.15, 0.2) is 0 Å². The lowest BCUT2D eigenvalue weighted by Gasteiger charge is -2.36. The summed E-state index contributed by atoms with van der Waals surface area (Å²) in [5.74, 6) is 0.962. The second-order valence-electron chi connectivity index (χ2n) is 4.46. The summed E-state index contributed by atoms with van der Waals surface area (Å²) >= 11 is 0. The molecule has 2 heterocycles. The number of aliphatic hydroxyl groups is 1. The van der Waals surface area contributed by atoms with Crippen LogP contribution in [0.25, 0.3) is 0 Å². The van der Waals surface area contributed by atoms with Crippen molar-refractivity contribution in [1.29, 1.82) is 0 Å². The van der Waals surface area contributed by atoms with Crippen molar-refractivity contribution >= 4 is 5.82 Å². The van der Waals surface area contributed by atoms with Crippen molar-refractivity contribution in [3.05, 3.63) is 23.4 Å². The first kappa shape index (κ1) is 12.3. The van der Waals surface area contributed by atoms with E-state index in [4.69, 9.17) is 4.74 Å². The average Bonchev–Trinajstić information content (AvgIpc) is 2.37. The zero-order chi connectivity index (χ0) is 12.3. The molecule has 1 aliphatic rings. The normalized spacial score (nSPS) is 20.6. The Morgan fingerprint density at radius 1 is 1.53 bits per heavy atom. The number of nitrogens with zero attached hydrogens (tertiary/aromatic N) is 2. The minimum absolute atomic E-state index is 0.0670. The van der Waals surface area contributed by atoms with E-state index in [0.717, 1.165) is 43.3 Å². The third-order valence-corrected chi connectivity index (χ3v) is 3.18. The Morgan fingerprint density at radius 3 is 3.06 bits per heavy atom. The highest BCUT2D eigenvalue weighted by molar-refractivity contribution is 5.44. The number of morpholine rings is 1. The number of aliphatic hydroxyl groups excluding tert-OH is 1. The molecule has 1 aliphatic heterocycles. The van der Waals surface area contributed by atoms with E-state index in [1.165, 1.54) is 0 Å². The van der Waals surface area contributed by atoms with Gasteiger partial charge < -0.3 is 14.7 Å². The van der Waals surface area contributed by atoms with Gasteiger partial charge >= 0.3 is 0 Å². The van der Waals surface area contributed by atoms with Crippen molar-refractivity contribution < 1.29 is 9.84 Å². The summed E-state index contributed by atoms with van der Waals surface area (Å²) in [5.41, 5.74) is 1.88. The number of aromatic nitrogens is 1. The average molecular weight is 236 g/mol. The molecule has 1 saturated heterocycles. The van der Waals surface area contributed by atoms with Crippen molar-refractivity contribution in [2.75, 3.05) is 24.7 Å². The van der Waals surface area contributed by atoms with Crippen LogP contribution < -0.4 is 4.90 Å². The van der Waals surface area contributed by atoms with Gasteiger partial charge in [-0.2, -0.15) is 0 Å². The largest absolute Gasteiger partial charge is 0.392 e. The molecule has 1 aromatic heterocycles. The summed E-state index contributed by atoms with van der Waals surface area (Å²) in [5, 5.41) is 9.24. The summed E-state index contributed by atoms with van der Waals surface area (Å²) in [6, 6.07) is 4.29. The molecular weight excluding hydrogens is 216 g/mol. The molecule has 94 valence electrons. The van der Waals surface area contributed by atoms with Gasteiger partial charge in [0.05, 0.1) is 25.9 Å². The van der Waals surface area contributed by atoms with E-state index in [9.17, 15) is 5.11 Å². The number of anilines is 1. The molecule has 0 saturated carbocycles. The first-order valence-electron chi connectivity index (χ1n) is 6.17. The summed E-state index contributed by atoms with van der Waals surface area (Å²) in [6.07, 6.45) is 1.05. The second kappa shape index (κ2) is 5.47. The molecule has 0 radical (unpaired) electrons. The van der Waals surface area contributed by atoms with E-state index in [0.29, 0.717) is 6.04 Å². The zero-order valence-corrected chi connectivity index (χ0v) is 10.5. The number of hydrogen-bond donors (Lipinski definition) is 1. The summed E-state index contributed by atoms with van der Waals surface area (Å²) in [7, 11) is 0. The molecule has 1 N–H and O–H groups in total. The zero-order valence-electron chi connectivity index (χ0n) is 10.5. The molecule has 4 nitrogen and oxygen atoms in total. The van der Waals surface area contributed by atoms with E-state index in [-0.39, 0.29) is 6.61 Å². The standard InChI is InChI=1S/C13H20N2O2/c1-3-12-9-17-5-4-15(12)13-7-11(8-16)6-10(2)14-13/h6-7,12,16H,3-5,8-9H2,1-2H3. The predicted molar refractivity (Wildman–Crippen MR) is 67.1 cm³/mol. The highest BCUT2D eigenvalue weighted by Crippen LogP contribution is 2.21. The van der Waals surface area contributed by atoms with Crippen molar-refractivity contribution in [2.45, 2.75) is 32.9 Å². The van der Waals surface area contributed by atoms with Crippen LogP contribution in [0.3, 0.4) is 0 Å². The predicted octanol–water partition coefficient (Wildman–Crippen LogP) is 1.50. The molecule has 1 aromatic rings. The van der Waals surface area contributed by atoms with Crippen molar-refractivity contribution in [2.24, 2.45) is 0 Å². The SMILES string of the molecule is CCC1COCCN1c1cc(CO)cc(C)n1. The first-order chi connectivity index (χ1) is 8.24. The lowest BCUT2D eigenvalue weighted by atomic mass is 10.1. The van der Waals surface area contributed by atoms with Gasteiger partial charge in [0.25, 0.3) is 0 Å². The van der Waals surface area contributed by atoms with E-state index in [2.05, 4.69) is 16.8 Å². The highest BCUT2D eigenvalue weighted by Gasteiger charge is 2.22. The highest BCUT2D eigenvalue weighted by atomic mass is 16.5. The van der Waals surface area contributed by atoms with E-state index in [1.807, 2.05) is 19.1 Å². The van der Waals surface area contributed by atoms with Crippen LogP contribution in [0.2, 0.25) is 0 Å². The van der Waals surface area contributed by atoms with Gasteiger partial charge in [-0.05, 0) is 31.0 Å². The van der Waals surface area contributed by atoms with E-state index >= 15 is 0 Å². The van der Waals surface area contributed by atoms with Gasteiger partial charge in [-0.25, -0.2) is 4.98 Å². The molecule has 4 heteroatoms. The fourth-order valence-electron chi connectivity index (χ4n) is 2.25. The maximum atomic E-state index is 9.24. The number of ether oxygens (including phenoxy) is 1. The third-order valence-electron chi connectivity index (χ3n) is 3.18. The van der Waals surface area contributed by atoms with E-state index < -0.39 is 0 Å². The van der Waals surface area contributed by atoms with Gasteiger partial charge in [0, 0.05) is 12.2 Å². The fraction of sp³-hybridized carbons (Fsp3) is 0.615. The van der Waals surface area contributed by atoms with E-state index in [1.54, 1.807) is 0 Å². The fourth-order valence-corrected chi connectivity index (χ4v) is 2.25. The molecule has 2 rings (SSSR count). The molecule has 1 atom stereocenters. The van der Waals surface area contributed by atoms with Gasteiger partial charge in [-0.3, -0.25) is 0 Å². The Hall–Kier alpha value is -1.13. The van der Waals surface area contributed by atoms with Crippen LogP contribution in [0.15, 0.2) is 12.1 Å². The molecule has 0 bridgehead atoms. The lowest BCUT2D eigenvalue weighted by Crippen LogP contribution is -2.45. The molecular formula is C13H20N2O2. The van der Waals surface area contributed by atoms with Gasteiger partial charge in [0.1, 0.15) is 5.82 Å². The minimum atomic E-state index is 0.0670. The van der Waals surface area contributed by atoms with Crippen LogP contribution in [0, 0.1) is 6.92 Å². The number of hydrogen-bond acceptors (Lipinski definition) is 4. The Bertz CT molecular complexity index is 382. The van der Waals surface area contributed by atoms with Crippen LogP contribution in [0.5, 0.6) is 0 Å². The van der Waals surface area contributed by atoms with Gasteiger partial charge in [0.2, 0.25) is 0 Å². The molecule has 0 amide bonds. The quantitative estimate of drug-likeness (QED) is 0.864. The van der Waals surface area contributed by atoms with Crippen LogP contribution in [-0.2, 0) is 11.3 Å². The van der Waals surface area contributed by atoms with Crippen LogP contribution in [0.1, 0.15) is 24.6 Å². The Labute approximate surface area is 102 Å². The summed E-state index contributed by atoms with van der Waals surface area (Å²) in [4.78, 5) is 6.85. The second-order valence-corrected chi connectivity index (χ2v) is 4.46. The van der Waals surface area contributed by atoms with Crippen LogP contribution in [-0.4, -0.2) is 35.9 Å². The van der Waals surface area contributed by atoms with Crippen LogP contribution >= 0.6 is 0 Å². The number of rotatable bonds is 3. The monoisotopic (exact) mass is 236 g/mol. The first-order valence-corrected chi connectivity index (χ1v) is 6.17. The Kier molecular flexibility index (Phi) is 3.97. The maximum absolute atomic E-state index is 9.24. The summed E-state index contributed by atoms with van der Waals surface area (Å²) < 4.78 is 5.49. The van der Waals surface area contributed by atoms with Crippen molar-refractivity contribution in [3.8, 4) is 0 Å². The number of pyridine rings is 1. The minimum Gasteiger partial charge on any atom is -0.392 e. The molecule has 1 fully saturated rings. The summed E-state index contributed by atoms with van der Waals surface area (Å²) in [6.45, 7) is 6.58. The maximum Gasteiger partial charge on any atom is 0.129 e. The Morgan fingerprint density at radius 2 is 2.35 bits per heavy atom. The smallest absolute Gasteiger partial charge is 0.129 e. The topological polar surface area (TPSA) is 45.6 Å². The Balaban J connectivity index is 2.27. The number of aryl methyl sites for hydroxylation is 1. The molecule has 17 heavy (non-hydrogen) atoms. The molecule has 0 aliphatic carbocycles. The lowest BCUT2D eigenvalue weighted by molar-refractivity contribution is 0.0925. The molecule has 0 spiro atoms. The van der Waals surface area contributed by atoms with Crippen LogP contribution in [0.4, 0.5) is 5.82 Å². The van der Waals surface area contributed by atoms with Gasteiger partial charge in [-0.15, -0.1) is 0 Å². The molecule has 1 unspecified atom stereocenters. The van der Waals surface area contributed by atoms with Gasteiger partial charge in [-0.1, -0.05) is 6.92 Å². The molecule has 0 aromatic carbocycles. The van der Waals surface area contributed by atoms with Crippen molar-refractivity contribution in [1.82, 2.24) is 4.98 Å². The van der Waals surface area contributed by atoms with Crippen molar-refractivity contribution in [3.63, 3.8) is 0 Å².